The third kappa shape index (κ3) is 3.98. The largest absolute Gasteiger partial charge is 0.466 e. The highest BCUT2D eigenvalue weighted by molar-refractivity contribution is 5.96. The standard InChI is InChI=1S/C14H21N3O4/c1-8-7-11(10(3)21-8)13(18)16-17-14(19)15-9(2)12-5-4-6-20-12/h7,9,12H,4-6H2,1-3H3,(H,16,18)(H2,15,17,19). The molecule has 21 heavy (non-hydrogen) atoms. The molecule has 116 valence electrons. The summed E-state index contributed by atoms with van der Waals surface area (Å²) in [7, 11) is 0. The van der Waals surface area contributed by atoms with Gasteiger partial charge in [-0.25, -0.2) is 10.2 Å². The van der Waals surface area contributed by atoms with Gasteiger partial charge in [-0.2, -0.15) is 0 Å². The Bertz CT molecular complexity index is 520. The van der Waals surface area contributed by atoms with E-state index in [0.29, 0.717) is 17.1 Å². The molecule has 1 fully saturated rings. The molecular formula is C14H21N3O4. The van der Waals surface area contributed by atoms with Gasteiger partial charge >= 0.3 is 6.03 Å². The Morgan fingerprint density at radius 2 is 2.10 bits per heavy atom. The maximum absolute atomic E-state index is 11.9. The monoisotopic (exact) mass is 295 g/mol. The van der Waals surface area contributed by atoms with Crippen LogP contribution in [0.1, 0.15) is 41.6 Å². The van der Waals surface area contributed by atoms with Crippen LogP contribution in [-0.4, -0.2) is 30.7 Å². The van der Waals surface area contributed by atoms with Gasteiger partial charge in [0.05, 0.1) is 17.7 Å². The van der Waals surface area contributed by atoms with E-state index >= 15 is 0 Å². The number of ether oxygens (including phenoxy) is 1. The topological polar surface area (TPSA) is 92.6 Å². The molecule has 0 radical (unpaired) electrons. The van der Waals surface area contributed by atoms with Crippen LogP contribution in [0.5, 0.6) is 0 Å². The molecule has 1 aromatic rings. The van der Waals surface area contributed by atoms with Crippen molar-refractivity contribution in [1.82, 2.24) is 16.2 Å². The maximum atomic E-state index is 11.9. The lowest BCUT2D eigenvalue weighted by Crippen LogP contribution is -2.51. The van der Waals surface area contributed by atoms with Crippen molar-refractivity contribution in [3.05, 3.63) is 23.2 Å². The summed E-state index contributed by atoms with van der Waals surface area (Å²) in [6, 6.07) is 1.05. The molecule has 1 aromatic heterocycles. The fraction of sp³-hybridized carbons (Fsp3) is 0.571. The molecule has 3 N–H and O–H groups in total. The zero-order valence-corrected chi connectivity index (χ0v) is 12.5. The molecule has 7 heteroatoms. The van der Waals surface area contributed by atoms with Crippen LogP contribution < -0.4 is 16.2 Å². The van der Waals surface area contributed by atoms with Crippen LogP contribution in [0.4, 0.5) is 4.79 Å². The third-order valence-corrected chi connectivity index (χ3v) is 3.46. The molecule has 2 rings (SSSR count). The van der Waals surface area contributed by atoms with E-state index in [2.05, 4.69) is 16.2 Å². The Kier molecular flexibility index (Phi) is 4.85. The summed E-state index contributed by atoms with van der Waals surface area (Å²) < 4.78 is 10.8. The molecule has 0 spiro atoms. The zero-order valence-electron chi connectivity index (χ0n) is 12.5. The number of aryl methyl sites for hydroxylation is 2. The average molecular weight is 295 g/mol. The molecule has 0 saturated carbocycles. The van der Waals surface area contributed by atoms with Gasteiger partial charge in [0.25, 0.3) is 5.91 Å². The van der Waals surface area contributed by atoms with Crippen molar-refractivity contribution in [2.24, 2.45) is 0 Å². The minimum absolute atomic E-state index is 0.0326. The van der Waals surface area contributed by atoms with Gasteiger partial charge in [0.15, 0.2) is 0 Å². The lowest BCUT2D eigenvalue weighted by molar-refractivity contribution is 0.0849. The molecule has 2 atom stereocenters. The predicted molar refractivity (Wildman–Crippen MR) is 75.8 cm³/mol. The Hall–Kier alpha value is -2.02. The first kappa shape index (κ1) is 15.4. The van der Waals surface area contributed by atoms with Crippen LogP contribution >= 0.6 is 0 Å². The molecule has 0 aromatic carbocycles. The van der Waals surface area contributed by atoms with E-state index in [1.165, 1.54) is 0 Å². The second-order valence-electron chi connectivity index (χ2n) is 5.22. The van der Waals surface area contributed by atoms with Gasteiger partial charge in [-0.15, -0.1) is 0 Å². The number of hydrogen-bond donors (Lipinski definition) is 3. The molecule has 7 nitrogen and oxygen atoms in total. The van der Waals surface area contributed by atoms with Gasteiger partial charge in [-0.1, -0.05) is 0 Å². The molecular weight excluding hydrogens is 274 g/mol. The Morgan fingerprint density at radius 3 is 2.67 bits per heavy atom. The first-order valence-corrected chi connectivity index (χ1v) is 7.03. The van der Waals surface area contributed by atoms with Crippen molar-refractivity contribution in [2.45, 2.75) is 45.8 Å². The summed E-state index contributed by atoms with van der Waals surface area (Å²) in [5, 5.41) is 2.74. The summed E-state index contributed by atoms with van der Waals surface area (Å²) in [5.41, 5.74) is 5.07. The zero-order chi connectivity index (χ0) is 15.4. The lowest BCUT2D eigenvalue weighted by Gasteiger charge is -2.20. The van der Waals surface area contributed by atoms with Gasteiger partial charge < -0.3 is 14.5 Å². The molecule has 2 unspecified atom stereocenters. The summed E-state index contributed by atoms with van der Waals surface area (Å²) >= 11 is 0. The molecule has 1 saturated heterocycles. The van der Waals surface area contributed by atoms with Gasteiger partial charge in [0.2, 0.25) is 0 Å². The highest BCUT2D eigenvalue weighted by Gasteiger charge is 2.23. The van der Waals surface area contributed by atoms with E-state index in [1.807, 2.05) is 6.92 Å². The first-order chi connectivity index (χ1) is 9.97. The molecule has 0 aliphatic carbocycles. The van der Waals surface area contributed by atoms with E-state index < -0.39 is 11.9 Å². The van der Waals surface area contributed by atoms with Crippen LogP contribution in [-0.2, 0) is 4.74 Å². The van der Waals surface area contributed by atoms with Crippen molar-refractivity contribution in [1.29, 1.82) is 0 Å². The first-order valence-electron chi connectivity index (χ1n) is 7.03. The van der Waals surface area contributed by atoms with E-state index in [0.717, 1.165) is 19.4 Å². The third-order valence-electron chi connectivity index (χ3n) is 3.46. The fourth-order valence-electron chi connectivity index (χ4n) is 2.37. The highest BCUT2D eigenvalue weighted by Crippen LogP contribution is 2.15. The summed E-state index contributed by atoms with van der Waals surface area (Å²) in [5.74, 6) is 0.748. The quantitative estimate of drug-likeness (QED) is 0.735. The Morgan fingerprint density at radius 1 is 1.33 bits per heavy atom. The second-order valence-corrected chi connectivity index (χ2v) is 5.22. The van der Waals surface area contributed by atoms with Crippen molar-refractivity contribution in [2.75, 3.05) is 6.61 Å². The van der Waals surface area contributed by atoms with Gasteiger partial charge in [-0.05, 0) is 39.7 Å². The minimum atomic E-state index is -0.468. The van der Waals surface area contributed by atoms with Crippen molar-refractivity contribution >= 4 is 11.9 Å². The normalized spacial score (nSPS) is 19.1. The van der Waals surface area contributed by atoms with Crippen molar-refractivity contribution in [3.63, 3.8) is 0 Å². The molecule has 3 amide bonds. The van der Waals surface area contributed by atoms with Crippen LogP contribution in [0.25, 0.3) is 0 Å². The van der Waals surface area contributed by atoms with Gasteiger partial charge in [0, 0.05) is 6.61 Å². The fourth-order valence-corrected chi connectivity index (χ4v) is 2.37. The molecule has 1 aliphatic rings. The number of hydrazine groups is 1. The second kappa shape index (κ2) is 6.62. The summed E-state index contributed by atoms with van der Waals surface area (Å²) in [6.45, 7) is 6.06. The number of nitrogens with one attached hydrogen (secondary N) is 3. The predicted octanol–water partition coefficient (Wildman–Crippen LogP) is 1.41. The minimum Gasteiger partial charge on any atom is -0.466 e. The van der Waals surface area contributed by atoms with Crippen LogP contribution in [0, 0.1) is 13.8 Å². The number of amides is 3. The van der Waals surface area contributed by atoms with Gasteiger partial charge in [-0.3, -0.25) is 10.2 Å². The summed E-state index contributed by atoms with van der Waals surface area (Å²) in [4.78, 5) is 23.6. The summed E-state index contributed by atoms with van der Waals surface area (Å²) in [6.07, 6.45) is 1.97. The number of urea groups is 1. The average Bonchev–Trinajstić information content (AvgIpc) is 3.05. The Labute approximate surface area is 123 Å². The number of carbonyl (C=O) groups excluding carboxylic acids is 2. The molecule has 2 heterocycles. The maximum Gasteiger partial charge on any atom is 0.333 e. The molecule has 0 bridgehead atoms. The van der Waals surface area contributed by atoms with E-state index in [9.17, 15) is 9.59 Å². The van der Waals surface area contributed by atoms with Crippen molar-refractivity contribution in [3.8, 4) is 0 Å². The van der Waals surface area contributed by atoms with E-state index in [1.54, 1.807) is 19.9 Å². The van der Waals surface area contributed by atoms with Gasteiger partial charge in [0.1, 0.15) is 11.5 Å². The highest BCUT2D eigenvalue weighted by atomic mass is 16.5. The SMILES string of the molecule is Cc1cc(C(=O)NNC(=O)NC(C)C2CCCO2)c(C)o1. The van der Waals surface area contributed by atoms with Crippen LogP contribution in [0.15, 0.2) is 10.5 Å². The number of furan rings is 1. The van der Waals surface area contributed by atoms with Crippen molar-refractivity contribution < 1.29 is 18.7 Å². The lowest BCUT2D eigenvalue weighted by atomic mass is 10.1. The van der Waals surface area contributed by atoms with E-state index in [4.69, 9.17) is 9.15 Å². The van der Waals surface area contributed by atoms with Crippen LogP contribution in [0.2, 0.25) is 0 Å². The van der Waals surface area contributed by atoms with Crippen LogP contribution in [0.3, 0.4) is 0 Å². The Balaban J connectivity index is 1.78. The smallest absolute Gasteiger partial charge is 0.333 e. The number of carbonyl (C=O) groups is 2. The molecule has 1 aliphatic heterocycles. The van der Waals surface area contributed by atoms with E-state index in [-0.39, 0.29) is 12.1 Å². The number of hydrogen-bond acceptors (Lipinski definition) is 4. The number of rotatable bonds is 3.